The molecule has 0 aromatic carbocycles. The van der Waals surface area contributed by atoms with Crippen molar-refractivity contribution in [1.29, 1.82) is 0 Å². The molecule has 3 rings (SSSR count). The number of aliphatic hydroxyl groups excluding tert-OH is 11. The molecule has 3 aliphatic heterocycles. The van der Waals surface area contributed by atoms with Crippen molar-refractivity contribution in [2.45, 2.75) is 369 Å². The van der Waals surface area contributed by atoms with Gasteiger partial charge in [0.15, 0.2) is 18.9 Å². The summed E-state index contributed by atoms with van der Waals surface area (Å²) in [6, 6.07) is -1.00. The van der Waals surface area contributed by atoms with Crippen LogP contribution in [-0.2, 0) is 33.2 Å². The summed E-state index contributed by atoms with van der Waals surface area (Å²) >= 11 is 0. The van der Waals surface area contributed by atoms with Crippen molar-refractivity contribution >= 4 is 5.91 Å². The smallest absolute Gasteiger partial charge is 0.220 e. The third-order valence-corrected chi connectivity index (χ3v) is 18.6. The molecule has 3 aliphatic rings. The Hall–Kier alpha value is -3.29. The Bertz CT molecular complexity index is 2150. The molecule has 3 fully saturated rings. The number of nitrogens with one attached hydrogen (secondary N) is 1. The number of allylic oxidation sites excluding steroid dienone is 15. The van der Waals surface area contributed by atoms with Crippen molar-refractivity contribution in [1.82, 2.24) is 5.32 Å². The number of amides is 1. The topological polar surface area (TPSA) is 307 Å². The maximum atomic E-state index is 13.5. The third kappa shape index (κ3) is 39.4. The molecule has 0 aromatic rings. The molecule has 3 saturated heterocycles. The molecule has 0 spiro atoms. The lowest BCUT2D eigenvalue weighted by Crippen LogP contribution is -2.66. The van der Waals surface area contributed by atoms with Crippen LogP contribution in [0, 0.1) is 0 Å². The summed E-state index contributed by atoms with van der Waals surface area (Å²) in [6.07, 6.45) is 52.4. The van der Waals surface area contributed by atoms with Gasteiger partial charge >= 0.3 is 0 Å². The number of aliphatic hydroxyl groups is 11. The van der Waals surface area contributed by atoms with Gasteiger partial charge in [0.2, 0.25) is 5.91 Å². The van der Waals surface area contributed by atoms with Gasteiger partial charge in [0, 0.05) is 6.42 Å². The molecule has 1 amide bonds. The van der Waals surface area contributed by atoms with Gasteiger partial charge in [-0.15, -0.1) is 0 Å². The minimum absolute atomic E-state index is 0.220. The van der Waals surface area contributed by atoms with E-state index in [-0.39, 0.29) is 18.9 Å². The highest BCUT2D eigenvalue weighted by Gasteiger charge is 2.53. The van der Waals surface area contributed by atoms with Crippen LogP contribution in [0.2, 0.25) is 0 Å². The van der Waals surface area contributed by atoms with Crippen LogP contribution in [0.4, 0.5) is 0 Å². The molecule has 3 heterocycles. The van der Waals surface area contributed by atoms with Gasteiger partial charge in [0.05, 0.1) is 38.6 Å². The van der Waals surface area contributed by atoms with E-state index in [0.29, 0.717) is 12.8 Å². The zero-order valence-electron chi connectivity index (χ0n) is 60.2. The Morgan fingerprint density at radius 1 is 0.378 bits per heavy atom. The van der Waals surface area contributed by atoms with E-state index in [9.17, 15) is 61.0 Å². The zero-order valence-corrected chi connectivity index (χ0v) is 60.2. The van der Waals surface area contributed by atoms with E-state index in [1.807, 2.05) is 6.08 Å². The molecular weight excluding hydrogens is 1250 g/mol. The van der Waals surface area contributed by atoms with Crippen LogP contribution >= 0.6 is 0 Å². The molecule has 17 unspecified atom stereocenters. The molecule has 19 nitrogen and oxygen atoms in total. The van der Waals surface area contributed by atoms with Crippen LogP contribution in [0.3, 0.4) is 0 Å². The molecule has 0 bridgehead atoms. The predicted octanol–water partition coefficient (Wildman–Crippen LogP) is 12.0. The molecule has 98 heavy (non-hydrogen) atoms. The van der Waals surface area contributed by atoms with Gasteiger partial charge in [-0.25, -0.2) is 0 Å². The molecule has 0 saturated carbocycles. The van der Waals surface area contributed by atoms with E-state index >= 15 is 0 Å². The Labute approximate surface area is 590 Å². The summed E-state index contributed by atoms with van der Waals surface area (Å²) in [5.41, 5.74) is 0. The second kappa shape index (κ2) is 59.1. The first-order chi connectivity index (χ1) is 47.8. The summed E-state index contributed by atoms with van der Waals surface area (Å²) in [7, 11) is 0. The number of unbranched alkanes of at least 4 members (excludes halogenated alkanes) is 29. The molecule has 0 aromatic heterocycles. The van der Waals surface area contributed by atoms with Gasteiger partial charge in [-0.3, -0.25) is 4.79 Å². The quantitative estimate of drug-likeness (QED) is 0.0199. The second-order valence-electron chi connectivity index (χ2n) is 27.1. The van der Waals surface area contributed by atoms with Crippen LogP contribution in [0.5, 0.6) is 0 Å². The largest absolute Gasteiger partial charge is 0.394 e. The van der Waals surface area contributed by atoms with Gasteiger partial charge < -0.3 is 89.9 Å². The van der Waals surface area contributed by atoms with Crippen LogP contribution < -0.4 is 5.32 Å². The highest BCUT2D eigenvalue weighted by molar-refractivity contribution is 5.76. The molecular formula is C79H137NO18. The van der Waals surface area contributed by atoms with Gasteiger partial charge in [-0.2, -0.15) is 0 Å². The number of rotatable bonds is 59. The highest BCUT2D eigenvalue weighted by Crippen LogP contribution is 2.33. The number of ether oxygens (including phenoxy) is 6. The van der Waals surface area contributed by atoms with Crippen molar-refractivity contribution in [2.75, 3.05) is 26.4 Å². The summed E-state index contributed by atoms with van der Waals surface area (Å²) < 4.78 is 34.4. The number of hydrogen-bond acceptors (Lipinski definition) is 18. The third-order valence-electron chi connectivity index (χ3n) is 18.6. The normalized spacial score (nSPS) is 27.3. The summed E-state index contributed by atoms with van der Waals surface area (Å²) in [6.45, 7) is 1.61. The molecule has 17 atom stereocenters. The minimum Gasteiger partial charge on any atom is -0.394 e. The van der Waals surface area contributed by atoms with Crippen LogP contribution in [-0.4, -0.2) is 193 Å². The molecule has 566 valence electrons. The van der Waals surface area contributed by atoms with Crippen molar-refractivity contribution in [3.8, 4) is 0 Å². The average molecular weight is 1390 g/mol. The van der Waals surface area contributed by atoms with Crippen molar-refractivity contribution in [2.24, 2.45) is 0 Å². The Morgan fingerprint density at radius 3 is 1.14 bits per heavy atom. The van der Waals surface area contributed by atoms with Gasteiger partial charge in [0.1, 0.15) is 73.2 Å². The molecule has 19 heteroatoms. The standard InChI is InChI=1S/C79H137NO18/c1-3-5-7-9-11-13-15-17-19-21-23-25-27-29-31-33-35-37-39-41-43-45-47-49-51-53-55-57-67(85)80-62(63(84)56-54-52-50-48-46-44-42-40-38-36-34-32-30-28-26-24-22-20-18-16-14-12-10-8-6-4-2)61-93-77-73(91)70(88)75(65(59-82)95-77)98-79-74(92)71(89)76(66(60-83)96-79)97-78-72(90)69(87)68(86)64(58-81)94-78/h5,7,11,13,17,19,23,25,29,31,35,37,46,48,54,56,62-66,68-79,81-84,86-92H,3-4,6,8-10,12,14-16,18,20-22,24,26-28,30,32-34,36,38-45,47,49-53,55,57-61H2,1-2H3,(H,80,85)/b7-5-,13-11-,19-17-,25-23-,31-29-,37-35-,48-46+,56-54+. The van der Waals surface area contributed by atoms with E-state index in [4.69, 9.17) is 28.4 Å². The van der Waals surface area contributed by atoms with Gasteiger partial charge in [0.25, 0.3) is 0 Å². The van der Waals surface area contributed by atoms with E-state index < -0.39 is 124 Å². The molecule has 0 radical (unpaired) electrons. The van der Waals surface area contributed by atoms with Crippen LogP contribution in [0.25, 0.3) is 0 Å². The maximum absolute atomic E-state index is 13.5. The van der Waals surface area contributed by atoms with Crippen molar-refractivity contribution < 1.29 is 89.4 Å². The van der Waals surface area contributed by atoms with Gasteiger partial charge in [-0.1, -0.05) is 272 Å². The number of carbonyl (C=O) groups excluding carboxylic acids is 1. The predicted molar refractivity (Wildman–Crippen MR) is 387 cm³/mol. The Balaban J connectivity index is 1.42. The lowest BCUT2D eigenvalue weighted by atomic mass is 9.96. The van der Waals surface area contributed by atoms with Gasteiger partial charge in [-0.05, 0) is 83.5 Å². The molecule has 12 N–H and O–H groups in total. The first-order valence-electron chi connectivity index (χ1n) is 38.5. The van der Waals surface area contributed by atoms with E-state index in [1.54, 1.807) is 6.08 Å². The van der Waals surface area contributed by atoms with E-state index in [2.05, 4.69) is 104 Å². The van der Waals surface area contributed by atoms with Crippen LogP contribution in [0.15, 0.2) is 97.2 Å². The second-order valence-corrected chi connectivity index (χ2v) is 27.1. The number of carbonyl (C=O) groups is 1. The Kier molecular flexibility index (Phi) is 53.7. The van der Waals surface area contributed by atoms with Crippen molar-refractivity contribution in [3.63, 3.8) is 0 Å². The van der Waals surface area contributed by atoms with Crippen molar-refractivity contribution in [3.05, 3.63) is 97.2 Å². The summed E-state index contributed by atoms with van der Waals surface area (Å²) in [4.78, 5) is 13.5. The summed E-state index contributed by atoms with van der Waals surface area (Å²) in [5.74, 6) is -0.296. The maximum Gasteiger partial charge on any atom is 0.220 e. The zero-order chi connectivity index (χ0) is 71.1. The lowest BCUT2D eigenvalue weighted by Gasteiger charge is -2.48. The minimum atomic E-state index is -1.99. The fourth-order valence-electron chi connectivity index (χ4n) is 12.4. The molecule has 0 aliphatic carbocycles. The van der Waals surface area contributed by atoms with Crippen LogP contribution in [0.1, 0.15) is 264 Å². The van der Waals surface area contributed by atoms with E-state index in [1.165, 1.54) is 128 Å². The first kappa shape index (κ1) is 88.9. The average Bonchev–Trinajstić information content (AvgIpc) is 0.785. The summed E-state index contributed by atoms with van der Waals surface area (Å²) in [5, 5.41) is 121. The fraction of sp³-hybridized carbons (Fsp3) is 0.785. The number of hydrogen-bond donors (Lipinski definition) is 12. The highest BCUT2D eigenvalue weighted by atomic mass is 16.8. The SMILES string of the molecule is CC/C=C\C/C=C\C/C=C\C/C=C\C/C=C\C/C=C\CCCCCCCCCCC(=O)NC(COC1OC(CO)C(OC2OC(CO)C(OC3OC(CO)C(O)C(O)C3O)C(O)C2O)C(O)C1O)C(O)/C=C/CC/C=C/CCCCCCCCCCCCCCCCCCCCCC. The lowest BCUT2D eigenvalue weighted by molar-refractivity contribution is -0.379. The Morgan fingerprint density at radius 2 is 0.714 bits per heavy atom. The first-order valence-corrected chi connectivity index (χ1v) is 38.5. The monoisotopic (exact) mass is 1390 g/mol. The fourth-order valence-corrected chi connectivity index (χ4v) is 12.4. The van der Waals surface area contributed by atoms with E-state index in [0.717, 1.165) is 103 Å².